The van der Waals surface area contributed by atoms with Crippen molar-refractivity contribution in [1.82, 2.24) is 0 Å². The number of nitrogens with two attached hydrogens (primary N) is 1. The van der Waals surface area contributed by atoms with E-state index in [0.717, 1.165) is 50.7 Å². The Morgan fingerprint density at radius 2 is 0.794 bits per heavy atom. The Kier molecular flexibility index (Phi) is 27.3. The summed E-state index contributed by atoms with van der Waals surface area (Å²) in [6.07, 6.45) is 28.4. The lowest BCUT2D eigenvalue weighted by molar-refractivity contribution is -0.945. The van der Waals surface area contributed by atoms with Crippen LogP contribution in [-0.4, -0.2) is 51.3 Å². The second kappa shape index (κ2) is 27.4. The molecule has 0 fully saturated rings. The van der Waals surface area contributed by atoms with Crippen LogP contribution in [0.15, 0.2) is 0 Å². The maximum absolute atomic E-state index is 6.08. The maximum atomic E-state index is 6.08. The number of ether oxygens (including phenoxy) is 2. The average molecular weight is 486 g/mol. The van der Waals surface area contributed by atoms with Crippen molar-refractivity contribution in [3.63, 3.8) is 0 Å². The highest BCUT2D eigenvalue weighted by molar-refractivity contribution is 4.48. The van der Waals surface area contributed by atoms with Gasteiger partial charge in [0.15, 0.2) is 13.5 Å². The topological polar surface area (TPSA) is 44.5 Å². The summed E-state index contributed by atoms with van der Waals surface area (Å²) in [4.78, 5) is 0. The first kappa shape index (κ1) is 33.8. The molecule has 0 aromatic carbocycles. The number of unbranched alkanes of at least 4 members (excludes halogenated alkanes) is 18. The highest BCUT2D eigenvalue weighted by Gasteiger charge is 2.21. The molecule has 0 aliphatic carbocycles. The van der Waals surface area contributed by atoms with Crippen LogP contribution in [0.1, 0.15) is 149 Å². The molecule has 0 saturated carbocycles. The van der Waals surface area contributed by atoms with Crippen molar-refractivity contribution in [1.29, 1.82) is 0 Å². The van der Waals surface area contributed by atoms with Gasteiger partial charge >= 0.3 is 0 Å². The van der Waals surface area contributed by atoms with E-state index >= 15 is 0 Å². The summed E-state index contributed by atoms with van der Waals surface area (Å²) in [5, 5.41) is 0. The molecule has 0 saturated heterocycles. The lowest BCUT2D eigenvalue weighted by Gasteiger charge is -2.33. The van der Waals surface area contributed by atoms with E-state index in [1.807, 2.05) is 0 Å². The zero-order valence-electron chi connectivity index (χ0n) is 23.9. The van der Waals surface area contributed by atoms with E-state index in [1.165, 1.54) is 128 Å². The van der Waals surface area contributed by atoms with E-state index < -0.39 is 0 Å². The average Bonchev–Trinajstić information content (AvgIpc) is 2.84. The zero-order chi connectivity index (χ0) is 25.0. The van der Waals surface area contributed by atoms with Crippen LogP contribution in [0.3, 0.4) is 0 Å². The van der Waals surface area contributed by atoms with Crippen molar-refractivity contribution in [2.75, 3.05) is 46.8 Å². The fourth-order valence-electron chi connectivity index (χ4n) is 4.59. The molecule has 34 heavy (non-hydrogen) atoms. The Balaban J connectivity index is 3.67. The summed E-state index contributed by atoms with van der Waals surface area (Å²) in [6.45, 7) is 9.60. The number of nitrogens with zero attached hydrogens (tertiary/aromatic N) is 1. The van der Waals surface area contributed by atoms with Crippen LogP contribution in [0.2, 0.25) is 0 Å². The monoisotopic (exact) mass is 486 g/mol. The van der Waals surface area contributed by atoms with Crippen LogP contribution in [0.25, 0.3) is 0 Å². The van der Waals surface area contributed by atoms with Gasteiger partial charge < -0.3 is 15.2 Å². The van der Waals surface area contributed by atoms with Gasteiger partial charge in [0.05, 0.1) is 26.8 Å². The molecule has 0 atom stereocenters. The second-order valence-corrected chi connectivity index (χ2v) is 10.9. The molecule has 4 heteroatoms. The van der Waals surface area contributed by atoms with Crippen molar-refractivity contribution in [3.8, 4) is 0 Å². The fraction of sp³-hybridized carbons (Fsp3) is 1.00. The van der Waals surface area contributed by atoms with Crippen molar-refractivity contribution in [2.45, 2.75) is 149 Å². The summed E-state index contributed by atoms with van der Waals surface area (Å²) in [5.41, 5.74) is 5.78. The Bertz CT molecular complexity index is 351. The smallest absolute Gasteiger partial charge is 0.184 e. The quantitative estimate of drug-likeness (QED) is 0.0655. The third-order valence-corrected chi connectivity index (χ3v) is 6.99. The first-order chi connectivity index (χ1) is 16.7. The standard InChI is InChI=1S/C30H65N2O2/c1-4-6-8-10-12-14-16-18-20-22-27-33-29-32(3,26-24-25-31)30-34-28-23-21-19-17-15-13-11-9-7-5-2/h4-31H2,1-3H3/q+1. The summed E-state index contributed by atoms with van der Waals surface area (Å²) in [5.74, 6) is 0. The lowest BCUT2D eigenvalue weighted by Crippen LogP contribution is -2.48. The van der Waals surface area contributed by atoms with Crippen LogP contribution in [0.5, 0.6) is 0 Å². The number of quaternary nitrogens is 1. The van der Waals surface area contributed by atoms with E-state index in [0.29, 0.717) is 0 Å². The van der Waals surface area contributed by atoms with Gasteiger partial charge in [-0.3, -0.25) is 4.48 Å². The van der Waals surface area contributed by atoms with Crippen LogP contribution >= 0.6 is 0 Å². The minimum absolute atomic E-state index is 0.741. The summed E-state index contributed by atoms with van der Waals surface area (Å²) < 4.78 is 13.0. The van der Waals surface area contributed by atoms with Crippen LogP contribution in [0, 0.1) is 0 Å². The number of hydrogen-bond donors (Lipinski definition) is 1. The van der Waals surface area contributed by atoms with E-state index in [2.05, 4.69) is 20.9 Å². The van der Waals surface area contributed by atoms with Gasteiger partial charge in [-0.15, -0.1) is 0 Å². The van der Waals surface area contributed by atoms with Gasteiger partial charge in [0.1, 0.15) is 0 Å². The first-order valence-electron chi connectivity index (χ1n) is 15.4. The van der Waals surface area contributed by atoms with Crippen molar-refractivity contribution < 1.29 is 14.0 Å². The third-order valence-electron chi connectivity index (χ3n) is 6.99. The normalized spacial score (nSPS) is 12.0. The highest BCUT2D eigenvalue weighted by Crippen LogP contribution is 2.13. The van der Waals surface area contributed by atoms with E-state index in [1.54, 1.807) is 0 Å². The molecule has 0 aromatic heterocycles. The van der Waals surface area contributed by atoms with Gasteiger partial charge in [0.2, 0.25) is 0 Å². The first-order valence-corrected chi connectivity index (χ1v) is 15.4. The fourth-order valence-corrected chi connectivity index (χ4v) is 4.59. The predicted molar refractivity (Wildman–Crippen MR) is 150 cm³/mol. The van der Waals surface area contributed by atoms with Crippen molar-refractivity contribution in [3.05, 3.63) is 0 Å². The van der Waals surface area contributed by atoms with Gasteiger partial charge in [-0.05, 0) is 19.4 Å². The van der Waals surface area contributed by atoms with Crippen LogP contribution in [-0.2, 0) is 9.47 Å². The zero-order valence-corrected chi connectivity index (χ0v) is 23.9. The summed E-state index contributed by atoms with van der Waals surface area (Å²) in [7, 11) is 2.26. The van der Waals surface area contributed by atoms with Gasteiger partial charge in [-0.1, -0.05) is 129 Å². The van der Waals surface area contributed by atoms with Crippen LogP contribution in [0.4, 0.5) is 0 Å². The molecule has 0 amide bonds. The Morgan fingerprint density at radius 1 is 0.471 bits per heavy atom. The van der Waals surface area contributed by atoms with Gasteiger partial charge in [-0.25, -0.2) is 0 Å². The third kappa shape index (κ3) is 24.9. The molecule has 0 aromatic rings. The molecule has 0 spiro atoms. The molecule has 206 valence electrons. The minimum atomic E-state index is 0.741. The molecule has 4 nitrogen and oxygen atoms in total. The van der Waals surface area contributed by atoms with Gasteiger partial charge in [-0.2, -0.15) is 0 Å². The molecule has 0 unspecified atom stereocenters. The van der Waals surface area contributed by atoms with E-state index in [9.17, 15) is 0 Å². The number of hydrogen-bond acceptors (Lipinski definition) is 3. The SMILES string of the molecule is CCCCCCCCCCCCOC[N+](C)(CCCN)COCCCCCCCCCCCC. The van der Waals surface area contributed by atoms with Crippen molar-refractivity contribution in [2.24, 2.45) is 5.73 Å². The molecule has 2 N–H and O–H groups in total. The van der Waals surface area contributed by atoms with Crippen molar-refractivity contribution >= 4 is 0 Å². The van der Waals surface area contributed by atoms with Gasteiger partial charge in [0, 0.05) is 6.42 Å². The maximum Gasteiger partial charge on any atom is 0.184 e. The molecule has 0 radical (unpaired) electrons. The summed E-state index contributed by atoms with van der Waals surface area (Å²) >= 11 is 0. The minimum Gasteiger partial charge on any atom is -0.332 e. The lowest BCUT2D eigenvalue weighted by atomic mass is 10.1. The molecular weight excluding hydrogens is 420 g/mol. The molecular formula is C30H65N2O2+. The molecule has 0 heterocycles. The summed E-state index contributed by atoms with van der Waals surface area (Å²) in [6, 6.07) is 0. The van der Waals surface area contributed by atoms with E-state index in [4.69, 9.17) is 15.2 Å². The van der Waals surface area contributed by atoms with Gasteiger partial charge in [0.25, 0.3) is 0 Å². The molecule has 0 bridgehead atoms. The Labute approximate surface area is 215 Å². The largest absolute Gasteiger partial charge is 0.332 e. The number of rotatable bonds is 29. The molecule has 0 rings (SSSR count). The van der Waals surface area contributed by atoms with Crippen LogP contribution < -0.4 is 5.73 Å². The van der Waals surface area contributed by atoms with E-state index in [-0.39, 0.29) is 0 Å². The molecule has 0 aliphatic heterocycles. The predicted octanol–water partition coefficient (Wildman–Crippen LogP) is 8.57. The molecule has 0 aliphatic rings. The Morgan fingerprint density at radius 3 is 1.12 bits per heavy atom. The Hall–Kier alpha value is -0.160. The highest BCUT2D eigenvalue weighted by atomic mass is 16.5. The second-order valence-electron chi connectivity index (χ2n) is 10.9.